The molecule has 10 nitrogen and oxygen atoms in total. The zero-order valence-electron chi connectivity index (χ0n) is 15.9. The van der Waals surface area contributed by atoms with Crippen molar-refractivity contribution in [2.24, 2.45) is 0 Å². The Hall–Kier alpha value is -3.53. The van der Waals surface area contributed by atoms with Crippen LogP contribution in [0.3, 0.4) is 0 Å². The van der Waals surface area contributed by atoms with Gasteiger partial charge in [0.15, 0.2) is 0 Å². The molecule has 0 saturated carbocycles. The summed E-state index contributed by atoms with van der Waals surface area (Å²) < 4.78 is 0. The maximum Gasteiger partial charge on any atom is 0.269 e. The van der Waals surface area contributed by atoms with Crippen LogP contribution in [0, 0.1) is 10.1 Å². The van der Waals surface area contributed by atoms with E-state index in [2.05, 4.69) is 20.3 Å². The number of benzene rings is 2. The van der Waals surface area contributed by atoms with E-state index in [-0.39, 0.29) is 18.1 Å². The van der Waals surface area contributed by atoms with E-state index >= 15 is 0 Å². The van der Waals surface area contributed by atoms with E-state index in [0.717, 1.165) is 11.3 Å². The normalized spacial score (nSPS) is 14.0. The van der Waals surface area contributed by atoms with Crippen LogP contribution in [-0.4, -0.2) is 62.1 Å². The summed E-state index contributed by atoms with van der Waals surface area (Å²) in [5.74, 6) is 0.321. The number of carbonyl (C=O) groups excluding carboxylic acids is 1. The molecule has 0 atom stereocenters. The fourth-order valence-electron chi connectivity index (χ4n) is 3.27. The molecular weight excluding hydrogens is 410 g/mol. The molecule has 1 saturated heterocycles. The third kappa shape index (κ3) is 4.38. The molecule has 0 spiro atoms. The van der Waals surface area contributed by atoms with Gasteiger partial charge in [-0.3, -0.25) is 14.9 Å². The summed E-state index contributed by atoms with van der Waals surface area (Å²) in [4.78, 5) is 28.1. The van der Waals surface area contributed by atoms with Crippen molar-refractivity contribution in [3.63, 3.8) is 0 Å². The minimum Gasteiger partial charge on any atom is -0.368 e. The van der Waals surface area contributed by atoms with Gasteiger partial charge in [0.1, 0.15) is 6.54 Å². The van der Waals surface area contributed by atoms with Crippen molar-refractivity contribution < 1.29 is 9.72 Å². The van der Waals surface area contributed by atoms with Crippen molar-refractivity contribution in [3.05, 3.63) is 63.7 Å². The van der Waals surface area contributed by atoms with Gasteiger partial charge >= 0.3 is 0 Å². The Morgan fingerprint density at radius 3 is 2.50 bits per heavy atom. The highest BCUT2D eigenvalue weighted by molar-refractivity contribution is 6.30. The number of aromatic nitrogens is 4. The molecule has 0 radical (unpaired) electrons. The molecule has 4 rings (SSSR count). The lowest BCUT2D eigenvalue weighted by molar-refractivity contribution is -0.384. The molecular formula is C19H18ClN7O3. The molecule has 2 heterocycles. The Morgan fingerprint density at radius 1 is 1.10 bits per heavy atom. The van der Waals surface area contributed by atoms with Crippen molar-refractivity contribution >= 4 is 28.9 Å². The van der Waals surface area contributed by atoms with Crippen molar-refractivity contribution in [1.29, 1.82) is 0 Å². The van der Waals surface area contributed by atoms with Crippen molar-refractivity contribution in [1.82, 2.24) is 25.1 Å². The summed E-state index contributed by atoms with van der Waals surface area (Å²) in [6.45, 7) is 2.38. The summed E-state index contributed by atoms with van der Waals surface area (Å²) >= 11 is 5.99. The first-order chi connectivity index (χ1) is 14.5. The summed E-state index contributed by atoms with van der Waals surface area (Å²) in [7, 11) is 0. The molecule has 154 valence electrons. The molecule has 1 fully saturated rings. The van der Waals surface area contributed by atoms with Gasteiger partial charge in [-0.2, -0.15) is 4.80 Å². The molecule has 30 heavy (non-hydrogen) atoms. The molecule has 0 bridgehead atoms. The van der Waals surface area contributed by atoms with Crippen LogP contribution in [0.4, 0.5) is 11.4 Å². The summed E-state index contributed by atoms with van der Waals surface area (Å²) in [6, 6.07) is 13.6. The van der Waals surface area contributed by atoms with E-state index in [1.807, 2.05) is 6.07 Å². The highest BCUT2D eigenvalue weighted by Gasteiger charge is 2.22. The third-order valence-electron chi connectivity index (χ3n) is 4.87. The lowest BCUT2D eigenvalue weighted by atomic mass is 10.2. The number of hydrogen-bond donors (Lipinski definition) is 0. The van der Waals surface area contributed by atoms with E-state index in [0.29, 0.717) is 37.0 Å². The van der Waals surface area contributed by atoms with Gasteiger partial charge in [-0.15, -0.1) is 10.2 Å². The number of non-ortho nitro benzene ring substituents is 1. The molecule has 0 unspecified atom stereocenters. The fourth-order valence-corrected chi connectivity index (χ4v) is 3.46. The van der Waals surface area contributed by atoms with Gasteiger partial charge in [-0.05, 0) is 29.5 Å². The summed E-state index contributed by atoms with van der Waals surface area (Å²) in [5.41, 5.74) is 1.69. The number of hydrogen-bond acceptors (Lipinski definition) is 7. The number of halogens is 1. The highest BCUT2D eigenvalue weighted by atomic mass is 35.5. The second-order valence-corrected chi connectivity index (χ2v) is 7.23. The van der Waals surface area contributed by atoms with E-state index in [9.17, 15) is 14.9 Å². The number of nitro benzene ring substituents is 1. The Bertz CT molecular complexity index is 1060. The van der Waals surface area contributed by atoms with Crippen LogP contribution in [0.25, 0.3) is 11.4 Å². The minimum atomic E-state index is -0.420. The number of anilines is 1. The molecule has 0 N–H and O–H groups in total. The first-order valence-corrected chi connectivity index (χ1v) is 9.68. The van der Waals surface area contributed by atoms with Gasteiger partial charge in [0.2, 0.25) is 11.7 Å². The molecule has 0 aliphatic carbocycles. The number of carbonyl (C=O) groups is 1. The number of nitrogens with zero attached hydrogens (tertiary/aromatic N) is 7. The van der Waals surface area contributed by atoms with Gasteiger partial charge in [0.05, 0.1) is 4.92 Å². The predicted octanol–water partition coefficient (Wildman–Crippen LogP) is 2.25. The smallest absolute Gasteiger partial charge is 0.269 e. The SMILES string of the molecule is O=C(Cn1nnc(-c2cccc(Cl)c2)n1)N1CCN(c2ccc([N+](=O)[O-])cc2)CC1. The molecule has 1 aliphatic heterocycles. The second kappa shape index (κ2) is 8.46. The van der Waals surface area contributed by atoms with Crippen LogP contribution in [0.2, 0.25) is 5.02 Å². The minimum absolute atomic E-state index is 0.00506. The topological polar surface area (TPSA) is 110 Å². The molecule has 2 aromatic carbocycles. The Kier molecular flexibility index (Phi) is 5.57. The molecule has 1 aromatic heterocycles. The number of tetrazole rings is 1. The first kappa shape index (κ1) is 19.8. The summed E-state index contributed by atoms with van der Waals surface area (Å²) in [6.07, 6.45) is 0. The lowest BCUT2D eigenvalue weighted by Gasteiger charge is -2.36. The Balaban J connectivity index is 1.33. The van der Waals surface area contributed by atoms with E-state index in [4.69, 9.17) is 11.6 Å². The zero-order chi connectivity index (χ0) is 21.1. The molecule has 1 aliphatic rings. The van der Waals surface area contributed by atoms with Crippen LogP contribution in [-0.2, 0) is 11.3 Å². The fraction of sp³-hybridized carbons (Fsp3) is 0.263. The Morgan fingerprint density at radius 2 is 1.83 bits per heavy atom. The van der Waals surface area contributed by atoms with Crippen molar-refractivity contribution in [2.45, 2.75) is 6.54 Å². The lowest BCUT2D eigenvalue weighted by Crippen LogP contribution is -2.49. The average Bonchev–Trinajstić information content (AvgIpc) is 3.22. The van der Waals surface area contributed by atoms with Gasteiger partial charge in [0.25, 0.3) is 5.69 Å². The average molecular weight is 428 g/mol. The second-order valence-electron chi connectivity index (χ2n) is 6.80. The van der Waals surface area contributed by atoms with Crippen molar-refractivity contribution in [3.8, 4) is 11.4 Å². The highest BCUT2D eigenvalue weighted by Crippen LogP contribution is 2.21. The van der Waals surface area contributed by atoms with Gasteiger partial charge in [-0.25, -0.2) is 0 Å². The molecule has 11 heteroatoms. The summed E-state index contributed by atoms with van der Waals surface area (Å²) in [5, 5.41) is 23.6. The van der Waals surface area contributed by atoms with Crippen molar-refractivity contribution in [2.75, 3.05) is 31.1 Å². The largest absolute Gasteiger partial charge is 0.368 e. The third-order valence-corrected chi connectivity index (χ3v) is 5.11. The van der Waals surface area contributed by atoms with Crippen LogP contribution < -0.4 is 4.90 Å². The maximum absolute atomic E-state index is 12.6. The van der Waals surface area contributed by atoms with Gasteiger partial charge < -0.3 is 9.80 Å². The van der Waals surface area contributed by atoms with E-state index in [1.54, 1.807) is 35.2 Å². The van der Waals surface area contributed by atoms with Crippen LogP contribution in [0.15, 0.2) is 48.5 Å². The standard InChI is InChI=1S/C19H18ClN7O3/c20-15-3-1-2-14(12-15)19-21-23-26(22-19)13-18(28)25-10-8-24(9-11-25)16-4-6-17(7-5-16)27(29)30/h1-7,12H,8-11,13H2. The van der Waals surface area contributed by atoms with Gasteiger partial charge in [0, 0.05) is 54.6 Å². The number of rotatable bonds is 5. The monoisotopic (exact) mass is 427 g/mol. The molecule has 3 aromatic rings. The first-order valence-electron chi connectivity index (χ1n) is 9.30. The van der Waals surface area contributed by atoms with Crippen LogP contribution in [0.5, 0.6) is 0 Å². The quantitative estimate of drug-likeness (QED) is 0.453. The van der Waals surface area contributed by atoms with E-state index < -0.39 is 4.92 Å². The van der Waals surface area contributed by atoms with Crippen LogP contribution >= 0.6 is 11.6 Å². The maximum atomic E-state index is 12.6. The molecule has 1 amide bonds. The number of piperazine rings is 1. The Labute approximate surface area is 176 Å². The van der Waals surface area contributed by atoms with E-state index in [1.165, 1.54) is 16.9 Å². The number of amides is 1. The predicted molar refractivity (Wildman–Crippen MR) is 110 cm³/mol. The zero-order valence-corrected chi connectivity index (χ0v) is 16.6. The number of nitro groups is 1. The van der Waals surface area contributed by atoms with Crippen LogP contribution in [0.1, 0.15) is 0 Å². The van der Waals surface area contributed by atoms with Gasteiger partial charge in [-0.1, -0.05) is 23.7 Å².